The zero-order valence-electron chi connectivity index (χ0n) is 24.0. The van der Waals surface area contributed by atoms with Gasteiger partial charge in [0.2, 0.25) is 5.69 Å². The van der Waals surface area contributed by atoms with Crippen molar-refractivity contribution in [1.29, 1.82) is 0 Å². The summed E-state index contributed by atoms with van der Waals surface area (Å²) in [7, 11) is 2.20. The van der Waals surface area contributed by atoms with Gasteiger partial charge in [0, 0.05) is 22.6 Å². The molecule has 1 heterocycles. The minimum atomic E-state index is -0.0359. The Morgan fingerprint density at radius 3 is 1.46 bits per heavy atom. The summed E-state index contributed by atoms with van der Waals surface area (Å²) in [6.07, 6.45) is 2.35. The summed E-state index contributed by atoms with van der Waals surface area (Å²) in [5.41, 5.74) is 19.6. The molecule has 196 valence electrons. The van der Waals surface area contributed by atoms with Crippen molar-refractivity contribution in [1.82, 2.24) is 0 Å². The van der Waals surface area contributed by atoms with Crippen LogP contribution in [0.15, 0.2) is 121 Å². The molecule has 6 aromatic rings. The molecule has 2 aliphatic rings. The highest BCUT2D eigenvalue weighted by Gasteiger charge is 2.36. The van der Waals surface area contributed by atoms with E-state index in [1.807, 2.05) is 0 Å². The zero-order chi connectivity index (χ0) is 27.9. The van der Waals surface area contributed by atoms with Crippen molar-refractivity contribution in [2.24, 2.45) is 7.05 Å². The SMILES string of the molecule is Cc1cc2c(cc1-c1cc3c(c[n+]1C)-c1ccccc1-c1ccccc1-c1ccccc1-3)C(C)(C)c1ccccc1-2. The molecular weight excluding hydrogens is 494 g/mol. The van der Waals surface area contributed by atoms with Crippen LogP contribution in [0.4, 0.5) is 0 Å². The lowest BCUT2D eigenvalue weighted by Gasteiger charge is -2.23. The van der Waals surface area contributed by atoms with Gasteiger partial charge in [-0.25, -0.2) is 4.57 Å². The Morgan fingerprint density at radius 1 is 0.439 bits per heavy atom. The van der Waals surface area contributed by atoms with E-state index < -0.39 is 0 Å². The number of hydrogen-bond acceptors (Lipinski definition) is 0. The maximum Gasteiger partial charge on any atom is 0.213 e. The van der Waals surface area contributed by atoms with Crippen LogP contribution in [0.2, 0.25) is 0 Å². The Kier molecular flexibility index (Phi) is 5.06. The quantitative estimate of drug-likeness (QED) is 0.187. The summed E-state index contributed by atoms with van der Waals surface area (Å²) in [5, 5.41) is 0. The molecule has 0 spiro atoms. The summed E-state index contributed by atoms with van der Waals surface area (Å²) in [5.74, 6) is 0. The van der Waals surface area contributed by atoms with E-state index in [0.717, 1.165) is 0 Å². The van der Waals surface area contributed by atoms with Gasteiger partial charge in [0.1, 0.15) is 7.05 Å². The Balaban J connectivity index is 1.42. The average molecular weight is 527 g/mol. The summed E-state index contributed by atoms with van der Waals surface area (Å²) < 4.78 is 2.33. The van der Waals surface area contributed by atoms with Gasteiger partial charge < -0.3 is 0 Å². The van der Waals surface area contributed by atoms with E-state index in [1.165, 1.54) is 83.6 Å². The Bertz CT molecular complexity index is 2040. The van der Waals surface area contributed by atoms with Crippen LogP contribution in [0, 0.1) is 6.92 Å². The molecule has 0 amide bonds. The summed E-state index contributed by atoms with van der Waals surface area (Å²) in [4.78, 5) is 0. The largest absolute Gasteiger partial charge is 0.213 e. The van der Waals surface area contributed by atoms with Crippen LogP contribution in [0.5, 0.6) is 0 Å². The molecule has 5 aromatic carbocycles. The topological polar surface area (TPSA) is 3.88 Å². The second kappa shape index (κ2) is 8.62. The molecule has 0 atom stereocenters. The Morgan fingerprint density at radius 2 is 0.902 bits per heavy atom. The van der Waals surface area contributed by atoms with Crippen molar-refractivity contribution >= 4 is 0 Å². The molecule has 1 heteroatoms. The standard InChI is InChI=1S/C40H32N/c1-25-21-35-32-19-11-12-20-37(32)40(2,3)38(35)22-33(25)39-23-34-30-17-9-7-15-28(30)26-13-5-6-14-27(26)29-16-8-10-18-31(29)36(34)24-41(39)4/h5-24H,1-4H3/q+1. The van der Waals surface area contributed by atoms with Crippen molar-refractivity contribution in [3.05, 3.63) is 138 Å². The number of aromatic nitrogens is 1. The molecule has 0 radical (unpaired) electrons. The number of benzene rings is 5. The predicted molar refractivity (Wildman–Crippen MR) is 171 cm³/mol. The first-order valence-electron chi connectivity index (χ1n) is 14.5. The molecule has 0 unspecified atom stereocenters. The molecule has 8 rings (SSSR count). The molecule has 0 bridgehead atoms. The van der Waals surface area contributed by atoms with E-state index in [1.54, 1.807) is 0 Å². The molecule has 1 aromatic heterocycles. The highest BCUT2D eigenvalue weighted by molar-refractivity contribution is 6.03. The Hall–Kier alpha value is -4.75. The van der Waals surface area contributed by atoms with E-state index >= 15 is 0 Å². The van der Waals surface area contributed by atoms with Gasteiger partial charge in [0.25, 0.3) is 0 Å². The summed E-state index contributed by atoms with van der Waals surface area (Å²) >= 11 is 0. The molecular formula is C40H32N+. The van der Waals surface area contributed by atoms with Gasteiger partial charge in [-0.05, 0) is 74.2 Å². The number of fused-ring (bicyclic) bond motifs is 11. The fourth-order valence-electron chi connectivity index (χ4n) is 7.34. The highest BCUT2D eigenvalue weighted by Crippen LogP contribution is 2.51. The van der Waals surface area contributed by atoms with Crippen LogP contribution in [0.3, 0.4) is 0 Å². The third-order valence-corrected chi connectivity index (χ3v) is 9.42. The van der Waals surface area contributed by atoms with Crippen molar-refractivity contribution in [3.63, 3.8) is 0 Å². The number of hydrogen-bond donors (Lipinski definition) is 0. The highest BCUT2D eigenvalue weighted by atomic mass is 14.9. The lowest BCUT2D eigenvalue weighted by molar-refractivity contribution is -0.659. The van der Waals surface area contributed by atoms with Crippen LogP contribution in [0.1, 0.15) is 30.5 Å². The summed E-state index contributed by atoms with van der Waals surface area (Å²) in [6.45, 7) is 6.99. The third-order valence-electron chi connectivity index (χ3n) is 9.42. The van der Waals surface area contributed by atoms with Crippen LogP contribution in [0.25, 0.3) is 66.9 Å². The van der Waals surface area contributed by atoms with E-state index in [9.17, 15) is 0 Å². The minimum Gasteiger partial charge on any atom is -0.200 e. The molecule has 0 saturated heterocycles. The smallest absolute Gasteiger partial charge is 0.200 e. The van der Waals surface area contributed by atoms with Crippen LogP contribution >= 0.6 is 0 Å². The third kappa shape index (κ3) is 3.39. The van der Waals surface area contributed by atoms with Gasteiger partial charge in [-0.2, -0.15) is 0 Å². The van der Waals surface area contributed by atoms with Gasteiger partial charge in [-0.15, -0.1) is 0 Å². The van der Waals surface area contributed by atoms with E-state index in [2.05, 4.69) is 154 Å². The lowest BCUT2D eigenvalue weighted by Crippen LogP contribution is -2.31. The normalized spacial score (nSPS) is 13.6. The Labute approximate surface area is 242 Å². The van der Waals surface area contributed by atoms with E-state index in [4.69, 9.17) is 0 Å². The first kappa shape index (κ1) is 24.1. The van der Waals surface area contributed by atoms with E-state index in [-0.39, 0.29) is 5.41 Å². The number of nitrogens with zero attached hydrogens (tertiary/aromatic N) is 1. The molecule has 2 aliphatic carbocycles. The van der Waals surface area contributed by atoms with Crippen LogP contribution in [-0.2, 0) is 12.5 Å². The fraction of sp³-hybridized carbons (Fsp3) is 0.125. The number of rotatable bonds is 1. The summed E-state index contributed by atoms with van der Waals surface area (Å²) in [6, 6.07) is 42.8. The maximum absolute atomic E-state index is 2.46. The van der Waals surface area contributed by atoms with Gasteiger partial charge in [0.15, 0.2) is 6.20 Å². The fourth-order valence-corrected chi connectivity index (χ4v) is 7.34. The van der Waals surface area contributed by atoms with Crippen LogP contribution in [-0.4, -0.2) is 0 Å². The zero-order valence-corrected chi connectivity index (χ0v) is 24.0. The predicted octanol–water partition coefficient (Wildman–Crippen LogP) is 9.77. The monoisotopic (exact) mass is 526 g/mol. The van der Waals surface area contributed by atoms with Gasteiger partial charge in [-0.1, -0.05) is 117 Å². The minimum absolute atomic E-state index is 0.0359. The van der Waals surface area contributed by atoms with Gasteiger partial charge in [-0.3, -0.25) is 0 Å². The second-order valence-electron chi connectivity index (χ2n) is 12.1. The second-order valence-corrected chi connectivity index (χ2v) is 12.1. The van der Waals surface area contributed by atoms with Crippen molar-refractivity contribution in [2.45, 2.75) is 26.2 Å². The average Bonchev–Trinajstić information content (AvgIpc) is 3.22. The molecule has 1 nitrogen and oxygen atoms in total. The molecule has 0 fully saturated rings. The first-order valence-corrected chi connectivity index (χ1v) is 14.5. The van der Waals surface area contributed by atoms with Crippen LogP contribution < -0.4 is 4.57 Å². The molecule has 0 aliphatic heterocycles. The maximum atomic E-state index is 2.46. The van der Waals surface area contributed by atoms with E-state index in [0.29, 0.717) is 0 Å². The van der Waals surface area contributed by atoms with Gasteiger partial charge in [0.05, 0.1) is 5.56 Å². The van der Waals surface area contributed by atoms with Gasteiger partial charge >= 0.3 is 0 Å². The number of pyridine rings is 1. The lowest BCUT2D eigenvalue weighted by atomic mass is 9.80. The van der Waals surface area contributed by atoms with Crippen molar-refractivity contribution in [2.75, 3.05) is 0 Å². The molecule has 0 saturated carbocycles. The van der Waals surface area contributed by atoms with Crippen molar-refractivity contribution in [3.8, 4) is 66.9 Å². The first-order chi connectivity index (χ1) is 19.9. The number of aryl methyl sites for hydroxylation is 2. The molecule has 0 N–H and O–H groups in total. The molecule has 41 heavy (non-hydrogen) atoms. The van der Waals surface area contributed by atoms with Crippen molar-refractivity contribution < 1.29 is 4.57 Å².